The van der Waals surface area contributed by atoms with Crippen molar-refractivity contribution in [3.05, 3.63) is 93.3 Å². The summed E-state index contributed by atoms with van der Waals surface area (Å²) in [5.41, 5.74) is 1.50. The van der Waals surface area contributed by atoms with Gasteiger partial charge in [-0.2, -0.15) is 0 Å². The molecular formula is C21H18FN3O5S. The number of nitrogens with one attached hydrogen (secondary N) is 2. The average molecular weight is 443 g/mol. The first-order chi connectivity index (χ1) is 14.6. The van der Waals surface area contributed by atoms with Gasteiger partial charge in [0.15, 0.2) is 0 Å². The molecule has 0 aromatic heterocycles. The molecule has 3 aromatic carbocycles. The Morgan fingerprint density at radius 1 is 0.968 bits per heavy atom. The quantitative estimate of drug-likeness (QED) is 0.432. The first kappa shape index (κ1) is 21.9. The molecule has 3 rings (SSSR count). The van der Waals surface area contributed by atoms with Crippen LogP contribution in [0.4, 0.5) is 21.5 Å². The zero-order chi connectivity index (χ0) is 22.8. The molecule has 0 saturated carbocycles. The van der Waals surface area contributed by atoms with E-state index in [9.17, 15) is 27.7 Å². The molecule has 31 heavy (non-hydrogen) atoms. The highest BCUT2D eigenvalue weighted by molar-refractivity contribution is 7.92. The number of hydrogen-bond acceptors (Lipinski definition) is 5. The number of nitro groups is 1. The first-order valence-corrected chi connectivity index (χ1v) is 10.5. The summed E-state index contributed by atoms with van der Waals surface area (Å²) in [5.74, 6) is -0.857. The van der Waals surface area contributed by atoms with Crippen molar-refractivity contribution >= 4 is 33.0 Å². The van der Waals surface area contributed by atoms with E-state index in [1.165, 1.54) is 61.5 Å². The molecule has 10 heteroatoms. The van der Waals surface area contributed by atoms with E-state index in [4.69, 9.17) is 0 Å². The molecule has 0 aliphatic rings. The Balaban J connectivity index is 1.76. The minimum absolute atomic E-state index is 0.178. The fourth-order valence-electron chi connectivity index (χ4n) is 2.82. The van der Waals surface area contributed by atoms with Crippen molar-refractivity contribution in [3.8, 4) is 0 Å². The highest BCUT2D eigenvalue weighted by Gasteiger charge is 2.20. The van der Waals surface area contributed by atoms with Crippen molar-refractivity contribution in [2.45, 2.75) is 18.7 Å². The van der Waals surface area contributed by atoms with Gasteiger partial charge in [0, 0.05) is 28.6 Å². The first-order valence-electron chi connectivity index (χ1n) is 9.02. The van der Waals surface area contributed by atoms with Gasteiger partial charge in [0.25, 0.3) is 21.6 Å². The zero-order valence-electron chi connectivity index (χ0n) is 16.5. The van der Waals surface area contributed by atoms with Gasteiger partial charge in [-0.1, -0.05) is 6.07 Å². The number of rotatable bonds is 6. The Hall–Kier alpha value is -3.79. The monoisotopic (exact) mass is 443 g/mol. The van der Waals surface area contributed by atoms with E-state index >= 15 is 0 Å². The van der Waals surface area contributed by atoms with Gasteiger partial charge < -0.3 is 5.32 Å². The lowest BCUT2D eigenvalue weighted by molar-refractivity contribution is -0.385. The molecule has 1 amide bonds. The number of aryl methyl sites for hydroxylation is 2. The van der Waals surface area contributed by atoms with E-state index in [2.05, 4.69) is 10.0 Å². The number of nitrogens with zero attached hydrogens (tertiary/aromatic N) is 1. The van der Waals surface area contributed by atoms with Crippen LogP contribution < -0.4 is 10.0 Å². The fourth-order valence-corrected chi connectivity index (χ4v) is 3.90. The summed E-state index contributed by atoms with van der Waals surface area (Å²) in [5, 5.41) is 13.7. The molecule has 0 fully saturated rings. The molecule has 0 saturated heterocycles. The topological polar surface area (TPSA) is 118 Å². The van der Waals surface area contributed by atoms with Gasteiger partial charge in [-0.25, -0.2) is 12.8 Å². The molecule has 0 aliphatic carbocycles. The fraction of sp³-hybridized carbons (Fsp3) is 0.0952. The number of sulfonamides is 1. The van der Waals surface area contributed by atoms with Crippen LogP contribution in [0.2, 0.25) is 0 Å². The number of halogens is 1. The SMILES string of the molecule is Cc1cc(F)ccc1NC(=O)c1ccc(NS(=O)(=O)c2ccc(C)c([N+](=O)[O-])c2)cc1. The second-order valence-corrected chi connectivity index (χ2v) is 8.48. The van der Waals surface area contributed by atoms with Gasteiger partial charge in [0.1, 0.15) is 5.82 Å². The second kappa shape index (κ2) is 8.52. The molecule has 8 nitrogen and oxygen atoms in total. The van der Waals surface area contributed by atoms with Crippen LogP contribution >= 0.6 is 0 Å². The summed E-state index contributed by atoms with van der Waals surface area (Å²) in [6, 6.07) is 13.2. The Kier molecular flexibility index (Phi) is 6.02. The summed E-state index contributed by atoms with van der Waals surface area (Å²) in [6.45, 7) is 3.17. The van der Waals surface area contributed by atoms with Crippen molar-refractivity contribution in [2.75, 3.05) is 10.0 Å². The summed E-state index contributed by atoms with van der Waals surface area (Å²) >= 11 is 0. The Bertz CT molecular complexity index is 1270. The summed E-state index contributed by atoms with van der Waals surface area (Å²) in [6.07, 6.45) is 0. The lowest BCUT2D eigenvalue weighted by atomic mass is 10.1. The average Bonchev–Trinajstić information content (AvgIpc) is 2.70. The van der Waals surface area contributed by atoms with E-state index in [1.54, 1.807) is 6.92 Å². The minimum atomic E-state index is -4.07. The van der Waals surface area contributed by atoms with Gasteiger partial charge in [-0.05, 0) is 67.9 Å². The molecular weight excluding hydrogens is 425 g/mol. The maximum Gasteiger partial charge on any atom is 0.273 e. The Morgan fingerprint density at radius 3 is 2.26 bits per heavy atom. The van der Waals surface area contributed by atoms with Crippen molar-refractivity contribution in [2.24, 2.45) is 0 Å². The smallest absolute Gasteiger partial charge is 0.273 e. The van der Waals surface area contributed by atoms with Crippen LogP contribution in [0, 0.1) is 29.8 Å². The van der Waals surface area contributed by atoms with Crippen LogP contribution in [0.15, 0.2) is 65.6 Å². The van der Waals surface area contributed by atoms with Crippen LogP contribution in [-0.4, -0.2) is 19.2 Å². The van der Waals surface area contributed by atoms with Crippen molar-refractivity contribution in [1.29, 1.82) is 0 Å². The van der Waals surface area contributed by atoms with Gasteiger partial charge in [-0.3, -0.25) is 19.6 Å². The molecule has 0 radical (unpaired) electrons. The number of hydrogen-bond donors (Lipinski definition) is 2. The molecule has 2 N–H and O–H groups in total. The molecule has 0 heterocycles. The van der Waals surface area contributed by atoms with E-state index in [1.807, 2.05) is 0 Å². The van der Waals surface area contributed by atoms with E-state index in [0.29, 0.717) is 16.8 Å². The number of benzene rings is 3. The minimum Gasteiger partial charge on any atom is -0.322 e. The van der Waals surface area contributed by atoms with Crippen LogP contribution in [0.25, 0.3) is 0 Å². The summed E-state index contributed by atoms with van der Waals surface area (Å²) in [4.78, 5) is 22.6. The van der Waals surface area contributed by atoms with Gasteiger partial charge in [0.2, 0.25) is 0 Å². The third-order valence-electron chi connectivity index (χ3n) is 4.52. The van der Waals surface area contributed by atoms with Crippen molar-refractivity contribution in [1.82, 2.24) is 0 Å². The number of carbonyl (C=O) groups is 1. The van der Waals surface area contributed by atoms with Crippen molar-refractivity contribution in [3.63, 3.8) is 0 Å². The lowest BCUT2D eigenvalue weighted by Crippen LogP contribution is -2.15. The van der Waals surface area contributed by atoms with Gasteiger partial charge in [-0.15, -0.1) is 0 Å². The molecule has 0 unspecified atom stereocenters. The largest absolute Gasteiger partial charge is 0.322 e. The lowest BCUT2D eigenvalue weighted by Gasteiger charge is -2.11. The molecule has 0 spiro atoms. The number of anilines is 2. The van der Waals surface area contributed by atoms with Gasteiger partial charge >= 0.3 is 0 Å². The standard InChI is InChI=1S/C21H18FN3O5S/c1-13-3-9-18(12-20(13)25(27)28)31(29,30)24-17-7-4-15(5-8-17)21(26)23-19-10-6-16(22)11-14(19)2/h3-12,24H,1-2H3,(H,23,26). The second-order valence-electron chi connectivity index (χ2n) is 6.80. The van der Waals surface area contributed by atoms with Crippen LogP contribution in [-0.2, 0) is 10.0 Å². The summed E-state index contributed by atoms with van der Waals surface area (Å²) in [7, 11) is -4.07. The molecule has 160 valence electrons. The van der Waals surface area contributed by atoms with Gasteiger partial charge in [0.05, 0.1) is 9.82 Å². The molecule has 0 atom stereocenters. The third kappa shape index (κ3) is 5.04. The van der Waals surface area contributed by atoms with E-state index < -0.39 is 26.7 Å². The predicted octanol–water partition coefficient (Wildman–Crippen LogP) is 4.40. The highest BCUT2D eigenvalue weighted by Crippen LogP contribution is 2.24. The Morgan fingerprint density at radius 2 is 1.65 bits per heavy atom. The number of nitro benzene ring substituents is 1. The van der Waals surface area contributed by atoms with Crippen LogP contribution in [0.3, 0.4) is 0 Å². The normalized spacial score (nSPS) is 11.1. The molecule has 3 aromatic rings. The van der Waals surface area contributed by atoms with E-state index in [0.717, 1.165) is 6.07 Å². The number of carbonyl (C=O) groups excluding carboxylic acids is 1. The zero-order valence-corrected chi connectivity index (χ0v) is 17.4. The predicted molar refractivity (Wildman–Crippen MR) is 114 cm³/mol. The highest BCUT2D eigenvalue weighted by atomic mass is 32.2. The summed E-state index contributed by atoms with van der Waals surface area (Å²) < 4.78 is 40.7. The molecule has 0 bridgehead atoms. The molecule has 0 aliphatic heterocycles. The van der Waals surface area contributed by atoms with Crippen molar-refractivity contribution < 1.29 is 22.5 Å². The number of amides is 1. The van der Waals surface area contributed by atoms with Crippen LogP contribution in [0.1, 0.15) is 21.5 Å². The maximum atomic E-state index is 13.2. The Labute approximate surface area is 177 Å². The van der Waals surface area contributed by atoms with E-state index in [-0.39, 0.29) is 21.8 Å². The third-order valence-corrected chi connectivity index (χ3v) is 5.90. The maximum absolute atomic E-state index is 13.2. The van der Waals surface area contributed by atoms with Crippen LogP contribution in [0.5, 0.6) is 0 Å².